The van der Waals surface area contributed by atoms with Crippen LogP contribution in [0.5, 0.6) is 0 Å². The predicted octanol–water partition coefficient (Wildman–Crippen LogP) is 1.56. The number of hydrogen-bond acceptors (Lipinski definition) is 1. The Labute approximate surface area is 68.3 Å². The molecule has 0 saturated carbocycles. The maximum Gasteiger partial charge on any atom is 0.0512 e. The summed E-state index contributed by atoms with van der Waals surface area (Å²) in [5.74, 6) is 0.436. The van der Waals surface area contributed by atoms with Crippen LogP contribution in [-0.2, 0) is 23.4 Å². The third-order valence-corrected chi connectivity index (χ3v) is 0.832. The summed E-state index contributed by atoms with van der Waals surface area (Å²) in [6, 6.07) is 0. The zero-order chi connectivity index (χ0) is 6.57. The molecule has 0 aromatic carbocycles. The van der Waals surface area contributed by atoms with E-state index in [2.05, 4.69) is 5.32 Å². The van der Waals surface area contributed by atoms with Crippen molar-refractivity contribution in [3.8, 4) is 0 Å². The fraction of sp³-hybridized carbons (Fsp3) is 0.833. The molecule has 0 atom stereocenters. The molecular formula is C6H12NOV-. The molecule has 0 fully saturated rings. The van der Waals surface area contributed by atoms with E-state index >= 15 is 0 Å². The third-order valence-electron chi connectivity index (χ3n) is 0.832. The molecule has 0 saturated heterocycles. The molecule has 9 heavy (non-hydrogen) atoms. The van der Waals surface area contributed by atoms with E-state index in [9.17, 15) is 4.79 Å². The van der Waals surface area contributed by atoms with E-state index in [1.165, 1.54) is 7.05 Å². The van der Waals surface area contributed by atoms with Crippen LogP contribution in [0.15, 0.2) is 0 Å². The van der Waals surface area contributed by atoms with E-state index in [0.717, 1.165) is 0 Å². The van der Waals surface area contributed by atoms with Crippen molar-refractivity contribution in [2.75, 3.05) is 7.05 Å². The van der Waals surface area contributed by atoms with Gasteiger partial charge in [0.15, 0.2) is 0 Å². The zero-order valence-electron chi connectivity index (χ0n) is 6.09. The quantitative estimate of drug-likeness (QED) is 0.610. The van der Waals surface area contributed by atoms with E-state index < -0.39 is 0 Å². The molecule has 0 aromatic rings. The minimum Gasteiger partial charge on any atom is -0.656 e. The van der Waals surface area contributed by atoms with Crippen molar-refractivity contribution in [2.24, 2.45) is 5.92 Å². The predicted molar refractivity (Wildman–Crippen MR) is 33.7 cm³/mol. The average Bonchev–Trinajstić information content (AvgIpc) is 1.65. The Morgan fingerprint density at radius 3 is 2.11 bits per heavy atom. The van der Waals surface area contributed by atoms with E-state index in [4.69, 9.17) is 0 Å². The first-order valence-corrected chi connectivity index (χ1v) is 2.79. The maximum absolute atomic E-state index is 10.5. The van der Waals surface area contributed by atoms with Crippen LogP contribution in [0.4, 0.5) is 0 Å². The molecule has 0 N–H and O–H groups in total. The van der Waals surface area contributed by atoms with Crippen molar-refractivity contribution in [1.29, 1.82) is 0 Å². The van der Waals surface area contributed by atoms with Gasteiger partial charge in [0, 0.05) is 18.6 Å². The van der Waals surface area contributed by atoms with Crippen molar-refractivity contribution < 1.29 is 23.4 Å². The Hall–Kier alpha value is 0.0544. The standard InChI is InChI=1S/C6H13NO.V/c1-5(2)4-6(8)7-3;/h5H,4H2,1-3H3,(H,7,8);/p-1. The van der Waals surface area contributed by atoms with Gasteiger partial charge in [-0.05, 0) is 12.3 Å². The van der Waals surface area contributed by atoms with Crippen LogP contribution in [0.3, 0.4) is 0 Å². The van der Waals surface area contributed by atoms with Gasteiger partial charge >= 0.3 is 0 Å². The van der Waals surface area contributed by atoms with Gasteiger partial charge in [-0.25, -0.2) is 0 Å². The van der Waals surface area contributed by atoms with Gasteiger partial charge in [-0.2, -0.15) is 0 Å². The van der Waals surface area contributed by atoms with Crippen LogP contribution < -0.4 is 0 Å². The average molecular weight is 165 g/mol. The first kappa shape index (κ1) is 11.8. The topological polar surface area (TPSA) is 31.2 Å². The molecule has 0 rings (SSSR count). The monoisotopic (exact) mass is 165 g/mol. The second kappa shape index (κ2) is 6.18. The first-order valence-electron chi connectivity index (χ1n) is 2.79. The Kier molecular flexibility index (Phi) is 8.10. The van der Waals surface area contributed by atoms with Crippen molar-refractivity contribution in [3.63, 3.8) is 0 Å². The molecule has 0 spiro atoms. The molecule has 0 aliphatic heterocycles. The smallest absolute Gasteiger partial charge is 0.0512 e. The van der Waals surface area contributed by atoms with E-state index in [-0.39, 0.29) is 24.5 Å². The summed E-state index contributed by atoms with van der Waals surface area (Å²) in [7, 11) is 1.53. The summed E-state index contributed by atoms with van der Waals surface area (Å²) in [4.78, 5) is 10.5. The Balaban J connectivity index is 0. The van der Waals surface area contributed by atoms with Crippen molar-refractivity contribution in [3.05, 3.63) is 5.32 Å². The Bertz CT molecular complexity index is 83.1. The van der Waals surface area contributed by atoms with Crippen LogP contribution in [0.2, 0.25) is 0 Å². The summed E-state index contributed by atoms with van der Waals surface area (Å²) in [5, 5.41) is 3.49. The van der Waals surface area contributed by atoms with Crippen LogP contribution >= 0.6 is 0 Å². The largest absolute Gasteiger partial charge is 0.656 e. The van der Waals surface area contributed by atoms with Gasteiger partial charge in [0.05, 0.1) is 5.91 Å². The van der Waals surface area contributed by atoms with Crippen molar-refractivity contribution >= 4 is 5.91 Å². The van der Waals surface area contributed by atoms with Gasteiger partial charge < -0.3 is 10.1 Å². The molecule has 0 aliphatic rings. The summed E-state index contributed by atoms with van der Waals surface area (Å²) in [6.07, 6.45) is 0.580. The maximum atomic E-state index is 10.5. The van der Waals surface area contributed by atoms with E-state index in [1.807, 2.05) is 13.8 Å². The molecule has 0 unspecified atom stereocenters. The third kappa shape index (κ3) is 8.05. The number of rotatable bonds is 2. The fourth-order valence-electron chi connectivity index (χ4n) is 0.441. The molecular weight excluding hydrogens is 153 g/mol. The minimum absolute atomic E-state index is 0. The molecule has 1 radical (unpaired) electrons. The molecule has 1 amide bonds. The van der Waals surface area contributed by atoms with Gasteiger partial charge in [0.25, 0.3) is 0 Å². The van der Waals surface area contributed by atoms with Crippen molar-refractivity contribution in [1.82, 2.24) is 0 Å². The van der Waals surface area contributed by atoms with Crippen LogP contribution in [0.1, 0.15) is 20.3 Å². The SMILES string of the molecule is C[N-]C(=O)CC(C)C.[V]. The number of amides is 1. The van der Waals surface area contributed by atoms with Crippen LogP contribution in [0, 0.1) is 5.92 Å². The molecule has 0 heterocycles. The minimum atomic E-state index is 0. The molecule has 0 bridgehead atoms. The summed E-state index contributed by atoms with van der Waals surface area (Å²) < 4.78 is 0. The molecule has 53 valence electrons. The molecule has 0 aromatic heterocycles. The van der Waals surface area contributed by atoms with E-state index in [1.54, 1.807) is 0 Å². The fourth-order valence-corrected chi connectivity index (χ4v) is 0.441. The first-order chi connectivity index (χ1) is 3.66. The van der Waals surface area contributed by atoms with Crippen molar-refractivity contribution in [2.45, 2.75) is 20.3 Å². The van der Waals surface area contributed by atoms with E-state index in [0.29, 0.717) is 12.3 Å². The molecule has 3 heteroatoms. The number of hydrogen-bond donors (Lipinski definition) is 0. The van der Waals surface area contributed by atoms with Crippen LogP contribution in [-0.4, -0.2) is 13.0 Å². The summed E-state index contributed by atoms with van der Waals surface area (Å²) in [5.41, 5.74) is 0. The summed E-state index contributed by atoms with van der Waals surface area (Å²) in [6.45, 7) is 4.01. The number of nitrogens with zero attached hydrogens (tertiary/aromatic N) is 1. The second-order valence-corrected chi connectivity index (χ2v) is 2.22. The molecule has 2 nitrogen and oxygen atoms in total. The number of carbonyl (C=O) groups excluding carboxylic acids is 1. The normalized spacial score (nSPS) is 8.44. The second-order valence-electron chi connectivity index (χ2n) is 2.22. The Morgan fingerprint density at radius 1 is 1.56 bits per heavy atom. The summed E-state index contributed by atoms with van der Waals surface area (Å²) >= 11 is 0. The van der Waals surface area contributed by atoms with Crippen LogP contribution in [0.25, 0.3) is 5.32 Å². The van der Waals surface area contributed by atoms with Gasteiger partial charge in [0.1, 0.15) is 0 Å². The molecule has 0 aliphatic carbocycles. The van der Waals surface area contributed by atoms with Gasteiger partial charge in [0.2, 0.25) is 0 Å². The van der Waals surface area contributed by atoms with Gasteiger partial charge in [-0.3, -0.25) is 0 Å². The number of carbonyl (C=O) groups is 1. The Morgan fingerprint density at radius 2 is 2.00 bits per heavy atom. The van der Waals surface area contributed by atoms with Gasteiger partial charge in [-0.15, -0.1) is 7.05 Å². The zero-order valence-corrected chi connectivity index (χ0v) is 7.48. The van der Waals surface area contributed by atoms with Gasteiger partial charge in [-0.1, -0.05) is 13.8 Å².